The van der Waals surface area contributed by atoms with Crippen molar-refractivity contribution in [1.82, 2.24) is 0 Å². The number of benzene rings is 1. The first-order chi connectivity index (χ1) is 11.8. The fraction of sp³-hybridized carbons (Fsp3) is 0.467. The van der Waals surface area contributed by atoms with Gasteiger partial charge in [0.1, 0.15) is 0 Å². The van der Waals surface area contributed by atoms with Gasteiger partial charge in [0.2, 0.25) is 11.5 Å². The zero-order chi connectivity index (χ0) is 18.8. The molecule has 134 valence electrons. The SMILES string of the molecule is CCOC(=O)C1(C(=O)OCC)[C@@H]([N+](=O)[O-])[C@@H]1c1ccc([N+](=O)[O-])cc1. The highest BCUT2D eigenvalue weighted by atomic mass is 16.6. The largest absolute Gasteiger partial charge is 0.465 e. The Hall–Kier alpha value is -3.04. The Bertz CT molecular complexity index is 697. The van der Waals surface area contributed by atoms with Gasteiger partial charge >= 0.3 is 11.9 Å². The van der Waals surface area contributed by atoms with Crippen molar-refractivity contribution in [3.8, 4) is 0 Å². The molecule has 0 amide bonds. The minimum atomic E-state index is -2.08. The number of nitro benzene ring substituents is 1. The van der Waals surface area contributed by atoms with Crippen LogP contribution in [0.15, 0.2) is 24.3 Å². The molecule has 10 heteroatoms. The first-order valence-corrected chi connectivity index (χ1v) is 7.54. The van der Waals surface area contributed by atoms with Gasteiger partial charge in [-0.15, -0.1) is 0 Å². The Balaban J connectivity index is 2.49. The smallest absolute Gasteiger partial charge is 0.331 e. The van der Waals surface area contributed by atoms with Crippen molar-refractivity contribution in [3.05, 3.63) is 50.1 Å². The minimum Gasteiger partial charge on any atom is -0.465 e. The first-order valence-electron chi connectivity index (χ1n) is 7.54. The first kappa shape index (κ1) is 18.3. The topological polar surface area (TPSA) is 139 Å². The number of hydrogen-bond acceptors (Lipinski definition) is 8. The second-order valence-electron chi connectivity index (χ2n) is 5.37. The van der Waals surface area contributed by atoms with E-state index in [1.807, 2.05) is 0 Å². The molecule has 2 rings (SSSR count). The number of carbonyl (C=O) groups is 2. The van der Waals surface area contributed by atoms with Crippen molar-refractivity contribution >= 4 is 17.6 Å². The van der Waals surface area contributed by atoms with Gasteiger partial charge in [0.05, 0.1) is 24.1 Å². The quantitative estimate of drug-likeness (QED) is 0.311. The molecule has 1 saturated carbocycles. The number of hydrogen-bond donors (Lipinski definition) is 0. The average Bonchev–Trinajstić information content (AvgIpc) is 3.27. The van der Waals surface area contributed by atoms with Crippen LogP contribution in [0.1, 0.15) is 25.3 Å². The summed E-state index contributed by atoms with van der Waals surface area (Å²) in [5.74, 6) is -3.17. The molecular weight excluding hydrogens is 336 g/mol. The average molecular weight is 352 g/mol. The summed E-state index contributed by atoms with van der Waals surface area (Å²) < 4.78 is 9.76. The molecule has 1 aliphatic rings. The van der Waals surface area contributed by atoms with Crippen LogP contribution in [0.4, 0.5) is 5.69 Å². The maximum absolute atomic E-state index is 12.4. The van der Waals surface area contributed by atoms with Gasteiger partial charge in [-0.1, -0.05) is 12.1 Å². The maximum atomic E-state index is 12.4. The van der Waals surface area contributed by atoms with Crippen LogP contribution in [-0.2, 0) is 19.1 Å². The highest BCUT2D eigenvalue weighted by molar-refractivity contribution is 6.06. The molecule has 0 spiro atoms. The summed E-state index contributed by atoms with van der Waals surface area (Å²) in [7, 11) is 0. The summed E-state index contributed by atoms with van der Waals surface area (Å²) in [4.78, 5) is 45.6. The highest BCUT2D eigenvalue weighted by Crippen LogP contribution is 2.62. The molecule has 0 bridgehead atoms. The molecule has 0 unspecified atom stereocenters. The molecule has 0 aromatic heterocycles. The summed E-state index contributed by atoms with van der Waals surface area (Å²) in [6.45, 7) is 2.91. The standard InChI is InChI=1S/C15H16N2O8/c1-3-24-13(18)15(14(19)25-4-2)11(12(15)17(22)23)9-5-7-10(8-6-9)16(20)21/h5-8,11-12H,3-4H2,1-2H3/t11-,12-/m0/s1. The number of carbonyl (C=O) groups excluding carboxylic acids is 2. The Morgan fingerprint density at radius 3 is 1.88 bits per heavy atom. The Kier molecular flexibility index (Phi) is 5.00. The molecule has 0 aliphatic heterocycles. The van der Waals surface area contributed by atoms with Crippen LogP contribution < -0.4 is 0 Å². The van der Waals surface area contributed by atoms with Crippen LogP contribution in [0.5, 0.6) is 0 Å². The Morgan fingerprint density at radius 2 is 1.52 bits per heavy atom. The van der Waals surface area contributed by atoms with Crippen molar-refractivity contribution in [2.75, 3.05) is 13.2 Å². The lowest BCUT2D eigenvalue weighted by Crippen LogP contribution is -2.35. The fourth-order valence-electron chi connectivity index (χ4n) is 2.99. The molecule has 1 aromatic carbocycles. The molecule has 1 aromatic rings. The van der Waals surface area contributed by atoms with Gasteiger partial charge in [0.15, 0.2) is 0 Å². The monoisotopic (exact) mass is 352 g/mol. The molecular formula is C15H16N2O8. The van der Waals surface area contributed by atoms with Gasteiger partial charge < -0.3 is 9.47 Å². The number of ether oxygens (including phenoxy) is 2. The van der Waals surface area contributed by atoms with Crippen molar-refractivity contribution in [2.45, 2.75) is 25.8 Å². The summed E-state index contributed by atoms with van der Waals surface area (Å²) in [6, 6.07) is 3.35. The zero-order valence-corrected chi connectivity index (χ0v) is 13.5. The Morgan fingerprint density at radius 1 is 1.04 bits per heavy atom. The lowest BCUT2D eigenvalue weighted by Gasteiger charge is -2.13. The van der Waals surface area contributed by atoms with E-state index in [0.29, 0.717) is 0 Å². The fourth-order valence-corrected chi connectivity index (χ4v) is 2.99. The molecule has 1 fully saturated rings. The van der Waals surface area contributed by atoms with E-state index >= 15 is 0 Å². The van der Waals surface area contributed by atoms with Crippen molar-refractivity contribution in [3.63, 3.8) is 0 Å². The van der Waals surface area contributed by atoms with E-state index in [2.05, 4.69) is 0 Å². The molecule has 10 nitrogen and oxygen atoms in total. The van der Waals surface area contributed by atoms with Crippen LogP contribution in [-0.4, -0.2) is 41.0 Å². The van der Waals surface area contributed by atoms with Gasteiger partial charge in [-0.2, -0.15) is 0 Å². The molecule has 1 aliphatic carbocycles. The molecule has 0 heterocycles. The Labute approximate surface area is 142 Å². The third kappa shape index (κ3) is 2.90. The van der Waals surface area contributed by atoms with Gasteiger partial charge in [0.25, 0.3) is 5.69 Å². The number of nitro groups is 2. The van der Waals surface area contributed by atoms with E-state index in [1.54, 1.807) is 0 Å². The van der Waals surface area contributed by atoms with Crippen LogP contribution in [0.3, 0.4) is 0 Å². The van der Waals surface area contributed by atoms with Crippen LogP contribution >= 0.6 is 0 Å². The number of esters is 2. The van der Waals surface area contributed by atoms with E-state index in [9.17, 15) is 29.8 Å². The molecule has 25 heavy (non-hydrogen) atoms. The number of rotatable bonds is 7. The second kappa shape index (κ2) is 6.83. The third-order valence-corrected chi connectivity index (χ3v) is 4.08. The van der Waals surface area contributed by atoms with E-state index in [-0.39, 0.29) is 24.5 Å². The highest BCUT2D eigenvalue weighted by Gasteiger charge is 2.85. The van der Waals surface area contributed by atoms with Crippen LogP contribution in [0.2, 0.25) is 0 Å². The van der Waals surface area contributed by atoms with E-state index in [4.69, 9.17) is 9.47 Å². The van der Waals surface area contributed by atoms with E-state index in [0.717, 1.165) is 12.1 Å². The lowest BCUT2D eigenvalue weighted by molar-refractivity contribution is -0.501. The van der Waals surface area contributed by atoms with Crippen molar-refractivity contribution in [1.29, 1.82) is 0 Å². The van der Waals surface area contributed by atoms with Crippen molar-refractivity contribution < 1.29 is 28.9 Å². The van der Waals surface area contributed by atoms with Gasteiger partial charge in [-0.3, -0.25) is 29.8 Å². The van der Waals surface area contributed by atoms with Gasteiger partial charge in [-0.25, -0.2) is 0 Å². The van der Waals surface area contributed by atoms with Crippen LogP contribution in [0.25, 0.3) is 0 Å². The summed E-state index contributed by atoms with van der Waals surface area (Å²) in [5, 5.41) is 22.2. The summed E-state index contributed by atoms with van der Waals surface area (Å²) in [5.41, 5.74) is -2.03. The number of non-ortho nitro benzene ring substituents is 1. The predicted molar refractivity (Wildman–Crippen MR) is 82.3 cm³/mol. The summed E-state index contributed by atoms with van der Waals surface area (Å²) >= 11 is 0. The number of nitrogens with zero attached hydrogens (tertiary/aromatic N) is 2. The second-order valence-corrected chi connectivity index (χ2v) is 5.37. The maximum Gasteiger partial charge on any atom is 0.331 e. The molecule has 2 atom stereocenters. The predicted octanol–water partition coefficient (Wildman–Crippen LogP) is 1.45. The lowest BCUT2D eigenvalue weighted by atomic mass is 9.99. The minimum absolute atomic E-state index is 0.0581. The van der Waals surface area contributed by atoms with E-state index < -0.39 is 39.2 Å². The van der Waals surface area contributed by atoms with Gasteiger partial charge in [0, 0.05) is 17.1 Å². The molecule has 0 saturated heterocycles. The van der Waals surface area contributed by atoms with Crippen molar-refractivity contribution in [2.24, 2.45) is 5.41 Å². The zero-order valence-electron chi connectivity index (χ0n) is 13.5. The third-order valence-electron chi connectivity index (χ3n) is 4.08. The normalized spacial score (nSPS) is 20.4. The molecule has 0 N–H and O–H groups in total. The van der Waals surface area contributed by atoms with Crippen LogP contribution in [0, 0.1) is 25.6 Å². The molecule has 0 radical (unpaired) electrons. The summed E-state index contributed by atoms with van der Waals surface area (Å²) in [6.07, 6.45) is 0. The van der Waals surface area contributed by atoms with Gasteiger partial charge in [-0.05, 0) is 19.4 Å². The van der Waals surface area contributed by atoms with E-state index in [1.165, 1.54) is 26.0 Å².